The summed E-state index contributed by atoms with van der Waals surface area (Å²) < 4.78 is 53.2. The topological polar surface area (TPSA) is 223 Å². The second-order valence-electron chi connectivity index (χ2n) is 18.8. The van der Waals surface area contributed by atoms with Gasteiger partial charge in [0.05, 0.1) is 45.3 Å². The minimum Gasteiger partial charge on any atom is -0.497 e. The Labute approximate surface area is 423 Å². The van der Waals surface area contributed by atoms with Crippen LogP contribution >= 0.6 is 8.53 Å². The number of esters is 1. The Morgan fingerprint density at radius 2 is 1.44 bits per heavy atom. The van der Waals surface area contributed by atoms with Gasteiger partial charge in [0.15, 0.2) is 6.23 Å². The number of nitriles is 1. The fraction of sp³-hybridized carbons (Fsp3) is 0.370. The van der Waals surface area contributed by atoms with Crippen molar-refractivity contribution < 1.29 is 46.7 Å². The van der Waals surface area contributed by atoms with Gasteiger partial charge in [0.2, 0.25) is 0 Å². The molecule has 2 unspecified atom stereocenters. The smallest absolute Gasteiger partial charge is 0.349 e. The van der Waals surface area contributed by atoms with E-state index in [-0.39, 0.29) is 43.1 Å². The summed E-state index contributed by atoms with van der Waals surface area (Å²) >= 11 is 0. The monoisotopic (exact) mass is 1020 g/mol. The maximum atomic E-state index is 14.8. The van der Waals surface area contributed by atoms with Gasteiger partial charge in [-0.05, 0) is 108 Å². The molecule has 1 aliphatic heterocycles. The SMILES string of the molecule is COc1ccc(C(OCC2O[C@@H](n3ccc(=O)[nH]c3=O)[C@H](NC(=O)c3cc4ccc(OC(=O)C(C)(C)C)cc4oc3=O)[C@@H]2OP(OCCC#N)N(C(C)C)C(C)C)(c2ccccc2)c2ccc(OC)cc2)cc1. The van der Waals surface area contributed by atoms with Crippen LogP contribution in [0.1, 0.15) is 88.2 Å². The Balaban J connectivity index is 1.38. The molecule has 0 radical (unpaired) electrons. The molecule has 1 fully saturated rings. The number of rotatable bonds is 20. The van der Waals surface area contributed by atoms with Crippen LogP contribution in [0.15, 0.2) is 134 Å². The van der Waals surface area contributed by atoms with Crippen LogP contribution in [-0.2, 0) is 28.9 Å². The molecule has 73 heavy (non-hydrogen) atoms. The number of fused-ring (bicyclic) bond motifs is 1. The Kier molecular flexibility index (Phi) is 17.2. The third-order valence-electron chi connectivity index (χ3n) is 12.1. The summed E-state index contributed by atoms with van der Waals surface area (Å²) in [5.74, 6) is -0.0651. The van der Waals surface area contributed by atoms with E-state index in [2.05, 4.69) is 16.4 Å². The Hall–Kier alpha value is -6.97. The maximum Gasteiger partial charge on any atom is 0.349 e. The van der Waals surface area contributed by atoms with Crippen molar-refractivity contribution in [3.8, 4) is 23.3 Å². The average molecular weight is 1020 g/mol. The fourth-order valence-electron chi connectivity index (χ4n) is 8.50. The van der Waals surface area contributed by atoms with Gasteiger partial charge < -0.3 is 42.5 Å². The van der Waals surface area contributed by atoms with Gasteiger partial charge >= 0.3 is 17.3 Å². The molecule has 384 valence electrons. The summed E-state index contributed by atoms with van der Waals surface area (Å²) in [4.78, 5) is 69.8. The molecule has 7 rings (SSSR count). The zero-order chi connectivity index (χ0) is 52.6. The van der Waals surface area contributed by atoms with Crippen molar-refractivity contribution in [1.82, 2.24) is 19.5 Å². The number of amides is 1. The summed E-state index contributed by atoms with van der Waals surface area (Å²) in [5.41, 5.74) is -2.95. The van der Waals surface area contributed by atoms with Crippen LogP contribution in [0.25, 0.3) is 11.0 Å². The number of aromatic nitrogens is 2. The van der Waals surface area contributed by atoms with Crippen LogP contribution in [0.5, 0.6) is 17.2 Å². The van der Waals surface area contributed by atoms with Crippen LogP contribution in [0.3, 0.4) is 0 Å². The minimum atomic E-state index is -2.08. The highest BCUT2D eigenvalue weighted by Gasteiger charge is 2.52. The molecule has 0 saturated carbocycles. The molecule has 2 N–H and O–H groups in total. The standard InChI is InChI=1S/C54H60N5O13P/c1-33(2)59(34(3)4)73(68-29-13-27-55)72-47-44(32-67-54(36-14-11-10-12-15-36,37-17-22-39(65-8)23-18-37)38-19-24-40(66-9)25-20-38)70-49(58-28-26-45(60)56-52(58)64)46(47)57-48(61)42-30-35-16-21-41(31-43(35)71-50(42)62)69-51(63)53(5,6)7/h10-12,14-26,28,30-31,33-34,44,46-47,49H,13,29,32H2,1-9H3,(H,57,61)(H,56,60,64)/t44?,46-,47-,49-,73?/m1/s1. The van der Waals surface area contributed by atoms with Crippen molar-refractivity contribution in [3.63, 3.8) is 0 Å². The molecular formula is C54H60N5O13P. The summed E-state index contributed by atoms with van der Waals surface area (Å²) in [6, 6.07) is 31.8. The van der Waals surface area contributed by atoms with Crippen LogP contribution < -0.4 is 36.4 Å². The predicted molar refractivity (Wildman–Crippen MR) is 272 cm³/mol. The van der Waals surface area contributed by atoms with E-state index in [1.165, 1.54) is 24.4 Å². The Morgan fingerprint density at radius 3 is 2.00 bits per heavy atom. The second kappa shape index (κ2) is 23.3. The van der Waals surface area contributed by atoms with Crippen LogP contribution in [0.4, 0.5) is 0 Å². The number of methoxy groups -OCH3 is 2. The minimum absolute atomic E-state index is 0.00592. The van der Waals surface area contributed by atoms with Crippen LogP contribution in [0, 0.1) is 16.7 Å². The largest absolute Gasteiger partial charge is 0.497 e. The van der Waals surface area contributed by atoms with Gasteiger partial charge in [0.1, 0.15) is 52.2 Å². The highest BCUT2D eigenvalue weighted by molar-refractivity contribution is 7.44. The van der Waals surface area contributed by atoms with Gasteiger partial charge in [0.25, 0.3) is 20.0 Å². The Bertz CT molecular complexity index is 3030. The molecule has 0 bridgehead atoms. The van der Waals surface area contributed by atoms with Crippen molar-refractivity contribution in [1.29, 1.82) is 5.26 Å². The molecule has 5 atom stereocenters. The van der Waals surface area contributed by atoms with Crippen molar-refractivity contribution in [2.75, 3.05) is 27.4 Å². The van der Waals surface area contributed by atoms with E-state index in [0.29, 0.717) is 28.0 Å². The first kappa shape index (κ1) is 53.8. The second-order valence-corrected chi connectivity index (χ2v) is 20.2. The number of aromatic amines is 1. The number of carbonyl (C=O) groups is 2. The number of ether oxygens (including phenoxy) is 5. The summed E-state index contributed by atoms with van der Waals surface area (Å²) in [5, 5.41) is 12.9. The molecule has 6 aromatic rings. The maximum absolute atomic E-state index is 14.8. The van der Waals surface area contributed by atoms with Gasteiger partial charge in [0, 0.05) is 35.8 Å². The quantitative estimate of drug-likeness (QED) is 0.0185. The number of nitrogens with zero attached hydrogens (tertiary/aromatic N) is 3. The molecular weight excluding hydrogens is 958 g/mol. The number of H-pyrrole nitrogens is 1. The van der Waals surface area contributed by atoms with Crippen LogP contribution in [0.2, 0.25) is 0 Å². The first-order valence-corrected chi connectivity index (χ1v) is 24.8. The fourth-order valence-corrected chi connectivity index (χ4v) is 10.3. The number of carbonyl (C=O) groups excluding carboxylic acids is 2. The van der Waals surface area contributed by atoms with Gasteiger partial charge in [-0.25, -0.2) is 14.3 Å². The molecule has 4 aromatic carbocycles. The lowest BCUT2D eigenvalue weighted by Gasteiger charge is -2.39. The number of hydrogen-bond donors (Lipinski definition) is 2. The molecule has 18 nitrogen and oxygen atoms in total. The molecule has 0 aliphatic carbocycles. The summed E-state index contributed by atoms with van der Waals surface area (Å²) in [7, 11) is 1.07. The molecule has 0 spiro atoms. The summed E-state index contributed by atoms with van der Waals surface area (Å²) in [6.45, 7) is 12.7. The van der Waals surface area contributed by atoms with Gasteiger partial charge in [-0.3, -0.25) is 23.9 Å². The van der Waals surface area contributed by atoms with Crippen molar-refractivity contribution in [3.05, 3.63) is 169 Å². The first-order chi connectivity index (χ1) is 34.9. The molecule has 2 aromatic heterocycles. The van der Waals surface area contributed by atoms with Crippen molar-refractivity contribution in [2.24, 2.45) is 5.41 Å². The van der Waals surface area contributed by atoms with E-state index in [9.17, 15) is 29.2 Å². The van der Waals surface area contributed by atoms with Crippen molar-refractivity contribution in [2.45, 2.75) is 97.0 Å². The molecule has 1 saturated heterocycles. The lowest BCUT2D eigenvalue weighted by atomic mass is 9.80. The van der Waals surface area contributed by atoms with Gasteiger partial charge in [-0.1, -0.05) is 54.6 Å². The predicted octanol–water partition coefficient (Wildman–Crippen LogP) is 7.98. The lowest BCUT2D eigenvalue weighted by molar-refractivity contribution is -0.143. The van der Waals surface area contributed by atoms with E-state index in [0.717, 1.165) is 16.2 Å². The highest BCUT2D eigenvalue weighted by Crippen LogP contribution is 2.51. The molecule has 1 amide bonds. The zero-order valence-electron chi connectivity index (χ0n) is 42.2. The number of nitrogens with one attached hydrogen (secondary N) is 2. The normalized spacial score (nSPS) is 17.4. The summed E-state index contributed by atoms with van der Waals surface area (Å²) in [6.07, 6.45) is -2.52. The third kappa shape index (κ3) is 12.1. The molecule has 3 heterocycles. The number of hydrogen-bond acceptors (Lipinski definition) is 15. The molecule has 1 aliphatic rings. The highest BCUT2D eigenvalue weighted by atomic mass is 31.2. The van der Waals surface area contributed by atoms with Gasteiger partial charge in [-0.2, -0.15) is 5.26 Å². The van der Waals surface area contributed by atoms with E-state index < -0.39 is 78.3 Å². The first-order valence-electron chi connectivity index (χ1n) is 23.7. The van der Waals surface area contributed by atoms with E-state index in [1.54, 1.807) is 41.1 Å². The Morgan fingerprint density at radius 1 is 0.836 bits per heavy atom. The average Bonchev–Trinajstić information content (AvgIpc) is 3.68. The van der Waals surface area contributed by atoms with E-state index in [1.807, 2.05) is 111 Å². The number of benzene rings is 4. The van der Waals surface area contributed by atoms with Crippen molar-refractivity contribution >= 4 is 31.4 Å². The van der Waals surface area contributed by atoms with E-state index >= 15 is 0 Å². The van der Waals surface area contributed by atoms with Gasteiger partial charge in [-0.15, -0.1) is 0 Å². The van der Waals surface area contributed by atoms with E-state index in [4.69, 9.17) is 37.1 Å². The third-order valence-corrected chi connectivity index (χ3v) is 14.2. The van der Waals surface area contributed by atoms with Crippen LogP contribution in [-0.4, -0.2) is 83.9 Å². The lowest BCUT2D eigenvalue weighted by Crippen LogP contribution is -2.50. The molecule has 19 heteroatoms. The zero-order valence-corrected chi connectivity index (χ0v) is 43.0.